The predicted molar refractivity (Wildman–Crippen MR) is 43.4 cm³/mol. The largest absolute Gasteiger partial charge is 0.235 e. The van der Waals surface area contributed by atoms with Crippen LogP contribution in [0.15, 0.2) is 24.4 Å². The van der Waals surface area contributed by atoms with Gasteiger partial charge in [-0.1, -0.05) is 11.6 Å². The highest BCUT2D eigenvalue weighted by atomic mass is 35.5. The van der Waals surface area contributed by atoms with Crippen LogP contribution in [-0.4, -0.2) is 9.97 Å². The van der Waals surface area contributed by atoms with Crippen molar-refractivity contribution < 1.29 is 0 Å². The van der Waals surface area contributed by atoms with Gasteiger partial charge in [0.1, 0.15) is 0 Å². The van der Waals surface area contributed by atoms with Crippen LogP contribution in [0, 0.1) is 6.20 Å². The Hall–Kier alpha value is -1.15. The van der Waals surface area contributed by atoms with Crippen LogP contribution in [-0.2, 0) is 0 Å². The van der Waals surface area contributed by atoms with Crippen LogP contribution in [0.25, 0.3) is 11.0 Å². The number of aromatic nitrogens is 2. The molecule has 0 atom stereocenters. The Morgan fingerprint density at radius 3 is 3.27 bits per heavy atom. The Labute approximate surface area is 68.9 Å². The van der Waals surface area contributed by atoms with E-state index in [4.69, 9.17) is 11.6 Å². The number of pyridine rings is 2. The number of hydrogen-bond acceptors (Lipinski definition) is 2. The van der Waals surface area contributed by atoms with Crippen LogP contribution in [0.3, 0.4) is 0 Å². The Kier molecular flexibility index (Phi) is 1.47. The van der Waals surface area contributed by atoms with Crippen molar-refractivity contribution in [3.8, 4) is 0 Å². The summed E-state index contributed by atoms with van der Waals surface area (Å²) < 4.78 is 0. The van der Waals surface area contributed by atoms with E-state index in [-0.39, 0.29) is 0 Å². The zero-order valence-electron chi connectivity index (χ0n) is 5.58. The average molecular weight is 164 g/mol. The highest BCUT2D eigenvalue weighted by molar-refractivity contribution is 6.31. The molecular formula is C8H4ClN2. The van der Waals surface area contributed by atoms with E-state index >= 15 is 0 Å². The van der Waals surface area contributed by atoms with Crippen molar-refractivity contribution in [2.24, 2.45) is 0 Å². The number of nitrogens with zero attached hydrogens (tertiary/aromatic N) is 2. The molecule has 0 unspecified atom stereocenters. The van der Waals surface area contributed by atoms with Crippen LogP contribution in [0.5, 0.6) is 0 Å². The first-order valence-electron chi connectivity index (χ1n) is 3.14. The molecule has 2 heterocycles. The maximum Gasteiger partial charge on any atom is 0.159 e. The van der Waals surface area contributed by atoms with Crippen LogP contribution < -0.4 is 0 Å². The quantitative estimate of drug-likeness (QED) is 0.594. The average Bonchev–Trinajstić information content (AvgIpc) is 2.04. The Balaban J connectivity index is 2.83. The van der Waals surface area contributed by atoms with E-state index < -0.39 is 0 Å². The third-order valence-corrected chi connectivity index (χ3v) is 1.58. The van der Waals surface area contributed by atoms with Gasteiger partial charge in [-0.2, -0.15) is 0 Å². The van der Waals surface area contributed by atoms with Crippen molar-refractivity contribution in [3.05, 3.63) is 35.6 Å². The van der Waals surface area contributed by atoms with Crippen molar-refractivity contribution in [3.63, 3.8) is 0 Å². The molecule has 53 valence electrons. The lowest BCUT2D eigenvalue weighted by atomic mass is 10.3. The summed E-state index contributed by atoms with van der Waals surface area (Å²) in [5.41, 5.74) is 0.678. The lowest BCUT2D eigenvalue weighted by molar-refractivity contribution is 1.28. The van der Waals surface area contributed by atoms with Gasteiger partial charge in [0.2, 0.25) is 0 Å². The van der Waals surface area contributed by atoms with Gasteiger partial charge in [0.25, 0.3) is 0 Å². The predicted octanol–water partition coefficient (Wildman–Crippen LogP) is 2.08. The standard InChI is InChI=1S/C8H4ClN2/c9-7-4-6-2-1-3-10-8(6)11-5-7/h1-2,4-5H. The molecule has 3 heteroatoms. The summed E-state index contributed by atoms with van der Waals surface area (Å²) in [5, 5.41) is 1.57. The smallest absolute Gasteiger partial charge is 0.159 e. The fraction of sp³-hybridized carbons (Fsp3) is 0. The number of fused-ring (bicyclic) bond motifs is 1. The zero-order chi connectivity index (χ0) is 7.68. The summed E-state index contributed by atoms with van der Waals surface area (Å²) in [6.07, 6.45) is 4.27. The molecule has 2 aromatic rings. The van der Waals surface area contributed by atoms with E-state index in [1.165, 1.54) is 0 Å². The second-order valence-corrected chi connectivity index (χ2v) is 2.58. The molecule has 11 heavy (non-hydrogen) atoms. The molecule has 2 nitrogen and oxygen atoms in total. The van der Waals surface area contributed by atoms with Crippen molar-refractivity contribution >= 4 is 22.6 Å². The normalized spacial score (nSPS) is 10.3. The van der Waals surface area contributed by atoms with E-state index in [1.54, 1.807) is 12.3 Å². The van der Waals surface area contributed by atoms with Crippen LogP contribution in [0.1, 0.15) is 0 Å². The Bertz CT molecular complexity index is 387. The van der Waals surface area contributed by atoms with Crippen LogP contribution in [0.2, 0.25) is 5.02 Å². The highest BCUT2D eigenvalue weighted by Crippen LogP contribution is 2.13. The molecule has 2 rings (SSSR count). The summed E-state index contributed by atoms with van der Waals surface area (Å²) in [4.78, 5) is 7.93. The topological polar surface area (TPSA) is 25.8 Å². The molecule has 0 aliphatic heterocycles. The maximum atomic E-state index is 5.72. The number of halogens is 1. The summed E-state index contributed by atoms with van der Waals surface area (Å²) in [6.45, 7) is 0. The molecule has 1 radical (unpaired) electrons. The minimum absolute atomic E-state index is 0.630. The lowest BCUT2D eigenvalue weighted by Gasteiger charge is -1.93. The van der Waals surface area contributed by atoms with Gasteiger partial charge in [0.15, 0.2) is 5.65 Å². The molecular weight excluding hydrogens is 160 g/mol. The first kappa shape index (κ1) is 6.55. The van der Waals surface area contributed by atoms with Gasteiger partial charge in [-0.3, -0.25) is 0 Å². The molecule has 0 aliphatic carbocycles. The Morgan fingerprint density at radius 2 is 2.36 bits per heavy atom. The molecule has 0 spiro atoms. The van der Waals surface area contributed by atoms with E-state index in [9.17, 15) is 0 Å². The maximum absolute atomic E-state index is 5.72. The van der Waals surface area contributed by atoms with Crippen LogP contribution >= 0.6 is 11.6 Å². The molecule has 2 aromatic heterocycles. The summed E-state index contributed by atoms with van der Waals surface area (Å²) >= 11 is 5.72. The Morgan fingerprint density at radius 1 is 1.45 bits per heavy atom. The number of rotatable bonds is 0. The second-order valence-electron chi connectivity index (χ2n) is 2.14. The van der Waals surface area contributed by atoms with Gasteiger partial charge in [-0.15, -0.1) is 0 Å². The first-order chi connectivity index (χ1) is 5.36. The second kappa shape index (κ2) is 2.47. The van der Waals surface area contributed by atoms with E-state index in [1.807, 2.05) is 12.1 Å². The SMILES string of the molecule is Clc1cnc2n[c]ccc2c1. The van der Waals surface area contributed by atoms with Crippen molar-refractivity contribution in [2.75, 3.05) is 0 Å². The molecule has 0 N–H and O–H groups in total. The van der Waals surface area contributed by atoms with Crippen molar-refractivity contribution in [1.29, 1.82) is 0 Å². The highest BCUT2D eigenvalue weighted by Gasteiger charge is 1.93. The molecule has 0 fully saturated rings. The summed E-state index contributed by atoms with van der Waals surface area (Å²) in [5.74, 6) is 0. The third-order valence-electron chi connectivity index (χ3n) is 1.37. The fourth-order valence-electron chi connectivity index (χ4n) is 0.889. The van der Waals surface area contributed by atoms with E-state index in [2.05, 4.69) is 16.2 Å². The lowest BCUT2D eigenvalue weighted by Crippen LogP contribution is -1.81. The summed E-state index contributed by atoms with van der Waals surface area (Å²) in [6, 6.07) is 5.44. The van der Waals surface area contributed by atoms with Gasteiger partial charge in [0.05, 0.1) is 11.2 Å². The van der Waals surface area contributed by atoms with Crippen molar-refractivity contribution in [2.45, 2.75) is 0 Å². The molecule has 0 amide bonds. The van der Waals surface area contributed by atoms with E-state index in [0.29, 0.717) is 10.7 Å². The first-order valence-corrected chi connectivity index (χ1v) is 3.52. The molecule has 0 saturated carbocycles. The zero-order valence-corrected chi connectivity index (χ0v) is 6.34. The molecule has 0 saturated heterocycles. The van der Waals surface area contributed by atoms with Crippen molar-refractivity contribution in [1.82, 2.24) is 9.97 Å². The minimum atomic E-state index is 0.630. The van der Waals surface area contributed by atoms with E-state index in [0.717, 1.165) is 5.39 Å². The third kappa shape index (κ3) is 1.17. The monoisotopic (exact) mass is 163 g/mol. The minimum Gasteiger partial charge on any atom is -0.235 e. The molecule has 0 aliphatic rings. The van der Waals surface area contributed by atoms with Gasteiger partial charge >= 0.3 is 0 Å². The van der Waals surface area contributed by atoms with Gasteiger partial charge in [0, 0.05) is 11.6 Å². The number of hydrogen-bond donors (Lipinski definition) is 0. The van der Waals surface area contributed by atoms with Crippen LogP contribution in [0.4, 0.5) is 0 Å². The summed E-state index contributed by atoms with van der Waals surface area (Å²) in [7, 11) is 0. The molecule has 0 aromatic carbocycles. The fourth-order valence-corrected chi connectivity index (χ4v) is 1.06. The molecule has 0 bridgehead atoms. The van der Waals surface area contributed by atoms with Gasteiger partial charge < -0.3 is 0 Å². The van der Waals surface area contributed by atoms with Gasteiger partial charge in [-0.25, -0.2) is 9.97 Å². The van der Waals surface area contributed by atoms with Gasteiger partial charge in [-0.05, 0) is 18.2 Å².